The Morgan fingerprint density at radius 3 is 2.62 bits per heavy atom. The van der Waals surface area contributed by atoms with Gasteiger partial charge in [0, 0.05) is 13.0 Å². The molecule has 124 valence electrons. The number of likely N-dealkylation sites (tertiary alicyclic amines) is 1. The summed E-state index contributed by atoms with van der Waals surface area (Å²) in [6, 6.07) is 17.6. The van der Waals surface area contributed by atoms with Crippen molar-refractivity contribution in [3.8, 4) is 16.9 Å². The van der Waals surface area contributed by atoms with Crippen LogP contribution in [0.5, 0.6) is 5.75 Å². The van der Waals surface area contributed by atoms with E-state index in [9.17, 15) is 9.18 Å². The molecule has 1 aliphatic heterocycles. The number of amides is 1. The van der Waals surface area contributed by atoms with E-state index in [0.717, 1.165) is 11.1 Å². The van der Waals surface area contributed by atoms with E-state index in [1.807, 2.05) is 54.6 Å². The predicted molar refractivity (Wildman–Crippen MR) is 92.6 cm³/mol. The summed E-state index contributed by atoms with van der Waals surface area (Å²) >= 11 is 0. The Balaban J connectivity index is 1.69. The van der Waals surface area contributed by atoms with E-state index in [-0.39, 0.29) is 12.5 Å². The van der Waals surface area contributed by atoms with Gasteiger partial charge < -0.3 is 9.64 Å². The molecule has 1 saturated heterocycles. The lowest BCUT2D eigenvalue weighted by Crippen LogP contribution is -2.48. The highest BCUT2D eigenvalue weighted by molar-refractivity contribution is 5.87. The first kappa shape index (κ1) is 16.2. The Kier molecular flexibility index (Phi) is 4.94. The van der Waals surface area contributed by atoms with Gasteiger partial charge in [0.2, 0.25) is 5.91 Å². The molecular weight excluding hydrogens is 305 g/mol. The number of carbonyl (C=O) groups excluding carboxylic acids is 1. The van der Waals surface area contributed by atoms with Crippen LogP contribution in [0.15, 0.2) is 67.3 Å². The van der Waals surface area contributed by atoms with E-state index in [2.05, 4.69) is 6.58 Å². The maximum atomic E-state index is 14.4. The number of carbonyl (C=O) groups is 1. The van der Waals surface area contributed by atoms with Gasteiger partial charge in [0.25, 0.3) is 0 Å². The Morgan fingerprint density at radius 1 is 1.17 bits per heavy atom. The van der Waals surface area contributed by atoms with Crippen LogP contribution in [-0.4, -0.2) is 36.2 Å². The van der Waals surface area contributed by atoms with Crippen LogP contribution in [0.1, 0.15) is 6.42 Å². The first-order valence-electron chi connectivity index (χ1n) is 8.05. The fourth-order valence-corrected chi connectivity index (χ4v) is 2.90. The van der Waals surface area contributed by atoms with Crippen molar-refractivity contribution in [2.75, 3.05) is 13.1 Å². The Labute approximate surface area is 141 Å². The normalized spacial score (nSPS) is 20.5. The average Bonchev–Trinajstić information content (AvgIpc) is 2.63. The maximum absolute atomic E-state index is 14.4. The van der Waals surface area contributed by atoms with E-state index in [1.165, 1.54) is 11.0 Å². The molecule has 4 heteroatoms. The summed E-state index contributed by atoms with van der Waals surface area (Å²) in [5.74, 6) is 0.412. The van der Waals surface area contributed by atoms with Crippen LogP contribution >= 0.6 is 0 Å². The largest absolute Gasteiger partial charge is 0.487 e. The molecule has 3 nitrogen and oxygen atoms in total. The molecule has 1 aliphatic rings. The van der Waals surface area contributed by atoms with Gasteiger partial charge in [0.05, 0.1) is 6.54 Å². The van der Waals surface area contributed by atoms with Crippen molar-refractivity contribution in [3.05, 3.63) is 67.3 Å². The maximum Gasteiger partial charge on any atom is 0.246 e. The van der Waals surface area contributed by atoms with Gasteiger partial charge in [-0.15, -0.1) is 0 Å². The summed E-state index contributed by atoms with van der Waals surface area (Å²) in [6.45, 7) is 3.97. The molecule has 0 aromatic heterocycles. The summed E-state index contributed by atoms with van der Waals surface area (Å²) in [7, 11) is 0. The Morgan fingerprint density at radius 2 is 1.92 bits per heavy atom. The monoisotopic (exact) mass is 325 g/mol. The minimum Gasteiger partial charge on any atom is -0.487 e. The first-order valence-corrected chi connectivity index (χ1v) is 8.05. The summed E-state index contributed by atoms with van der Waals surface area (Å²) in [5, 5.41) is 0. The second kappa shape index (κ2) is 7.30. The molecule has 1 fully saturated rings. The molecule has 2 aromatic rings. The van der Waals surface area contributed by atoms with Crippen LogP contribution in [0.3, 0.4) is 0 Å². The van der Waals surface area contributed by atoms with Gasteiger partial charge in [-0.3, -0.25) is 4.79 Å². The lowest BCUT2D eigenvalue weighted by atomic mass is 10.0. The zero-order valence-corrected chi connectivity index (χ0v) is 13.4. The molecule has 0 radical (unpaired) electrons. The number of hydrogen-bond donors (Lipinski definition) is 0. The third-order valence-corrected chi connectivity index (χ3v) is 4.20. The summed E-state index contributed by atoms with van der Waals surface area (Å²) in [4.78, 5) is 13.0. The van der Waals surface area contributed by atoms with Crippen LogP contribution in [0.2, 0.25) is 0 Å². The van der Waals surface area contributed by atoms with Gasteiger partial charge in [-0.1, -0.05) is 49.0 Å². The number of alkyl halides is 1. The lowest BCUT2D eigenvalue weighted by molar-refractivity contribution is -0.129. The number of ether oxygens (including phenoxy) is 1. The predicted octanol–water partition coefficient (Wildman–Crippen LogP) is 3.86. The minimum atomic E-state index is -1.21. The SMILES string of the molecule is C=CC(=O)N1CC[C@H](Oc2cccc(-c3ccccc3)c2)[C@H](F)C1. The molecule has 0 N–H and O–H groups in total. The quantitative estimate of drug-likeness (QED) is 0.799. The number of nitrogens with zero attached hydrogens (tertiary/aromatic N) is 1. The van der Waals surface area contributed by atoms with Crippen LogP contribution in [0, 0.1) is 0 Å². The van der Waals surface area contributed by atoms with E-state index in [4.69, 9.17) is 4.74 Å². The van der Waals surface area contributed by atoms with Crippen molar-refractivity contribution < 1.29 is 13.9 Å². The molecular formula is C20H20FNO2. The Bertz CT molecular complexity index is 717. The van der Waals surface area contributed by atoms with Crippen molar-refractivity contribution in [1.82, 2.24) is 4.90 Å². The van der Waals surface area contributed by atoms with E-state index >= 15 is 0 Å². The number of benzene rings is 2. The van der Waals surface area contributed by atoms with Crippen molar-refractivity contribution in [2.24, 2.45) is 0 Å². The van der Waals surface area contributed by atoms with E-state index in [1.54, 1.807) is 0 Å². The molecule has 24 heavy (non-hydrogen) atoms. The van der Waals surface area contributed by atoms with Crippen LogP contribution < -0.4 is 4.74 Å². The highest BCUT2D eigenvalue weighted by atomic mass is 19.1. The van der Waals surface area contributed by atoms with Gasteiger partial charge in [0.1, 0.15) is 11.9 Å². The van der Waals surface area contributed by atoms with E-state index < -0.39 is 12.3 Å². The zero-order chi connectivity index (χ0) is 16.9. The van der Waals surface area contributed by atoms with Crippen molar-refractivity contribution >= 4 is 5.91 Å². The second-order valence-electron chi connectivity index (χ2n) is 5.84. The number of rotatable bonds is 4. The fourth-order valence-electron chi connectivity index (χ4n) is 2.90. The molecule has 2 aromatic carbocycles. The lowest BCUT2D eigenvalue weighted by Gasteiger charge is -2.34. The average molecular weight is 325 g/mol. The molecule has 0 aliphatic carbocycles. The van der Waals surface area contributed by atoms with Gasteiger partial charge >= 0.3 is 0 Å². The van der Waals surface area contributed by atoms with Crippen LogP contribution in [0.4, 0.5) is 4.39 Å². The summed E-state index contributed by atoms with van der Waals surface area (Å²) in [5.41, 5.74) is 2.12. The molecule has 0 bridgehead atoms. The van der Waals surface area contributed by atoms with Gasteiger partial charge in [-0.05, 0) is 29.3 Å². The molecule has 3 rings (SSSR count). The fraction of sp³-hybridized carbons (Fsp3) is 0.250. The molecule has 2 atom stereocenters. The highest BCUT2D eigenvalue weighted by Crippen LogP contribution is 2.26. The van der Waals surface area contributed by atoms with Crippen LogP contribution in [-0.2, 0) is 4.79 Å². The molecule has 0 spiro atoms. The third-order valence-electron chi connectivity index (χ3n) is 4.20. The van der Waals surface area contributed by atoms with Crippen LogP contribution in [0.25, 0.3) is 11.1 Å². The second-order valence-corrected chi connectivity index (χ2v) is 5.84. The van der Waals surface area contributed by atoms with Gasteiger partial charge in [-0.25, -0.2) is 4.39 Å². The smallest absolute Gasteiger partial charge is 0.246 e. The third kappa shape index (κ3) is 3.65. The minimum absolute atomic E-state index is 0.0495. The highest BCUT2D eigenvalue weighted by Gasteiger charge is 2.32. The molecule has 0 unspecified atom stereocenters. The summed E-state index contributed by atoms with van der Waals surface area (Å²) < 4.78 is 20.2. The number of piperidine rings is 1. The van der Waals surface area contributed by atoms with E-state index in [0.29, 0.717) is 18.7 Å². The van der Waals surface area contributed by atoms with Gasteiger partial charge in [0.15, 0.2) is 6.17 Å². The van der Waals surface area contributed by atoms with Gasteiger partial charge in [-0.2, -0.15) is 0 Å². The standard InChI is InChI=1S/C20H20FNO2/c1-2-20(23)22-12-11-19(18(21)14-22)24-17-10-6-9-16(13-17)15-7-4-3-5-8-15/h2-10,13,18-19H,1,11-12,14H2/t18-,19+/m1/s1. The van der Waals surface area contributed by atoms with Crippen molar-refractivity contribution in [2.45, 2.75) is 18.7 Å². The number of hydrogen-bond acceptors (Lipinski definition) is 2. The summed E-state index contributed by atoms with van der Waals surface area (Å²) in [6.07, 6.45) is -0.0546. The number of halogens is 1. The topological polar surface area (TPSA) is 29.5 Å². The molecule has 1 heterocycles. The Hall–Kier alpha value is -2.62. The first-order chi connectivity index (χ1) is 11.7. The van der Waals surface area contributed by atoms with Crippen molar-refractivity contribution in [3.63, 3.8) is 0 Å². The zero-order valence-electron chi connectivity index (χ0n) is 13.4. The molecule has 0 saturated carbocycles. The molecule has 1 amide bonds. The van der Waals surface area contributed by atoms with Crippen molar-refractivity contribution in [1.29, 1.82) is 0 Å².